The number of halogens is 1. The molecule has 0 radical (unpaired) electrons. The molecular weight excluding hydrogens is 242 g/mol. The van der Waals surface area contributed by atoms with Crippen LogP contribution in [0.25, 0.3) is 21.9 Å². The zero-order valence-electron chi connectivity index (χ0n) is 9.73. The highest BCUT2D eigenvalue weighted by Gasteiger charge is 2.07. The molecule has 0 aromatic heterocycles. The second-order valence-corrected chi connectivity index (χ2v) is 4.63. The van der Waals surface area contributed by atoms with Gasteiger partial charge in [0.05, 0.1) is 0 Å². The van der Waals surface area contributed by atoms with Crippen LogP contribution in [0.5, 0.6) is 0 Å². The van der Waals surface area contributed by atoms with E-state index in [0.717, 1.165) is 32.6 Å². The lowest BCUT2D eigenvalue weighted by Gasteiger charge is -2.09. The van der Waals surface area contributed by atoms with E-state index in [9.17, 15) is 0 Å². The smallest absolute Gasteiger partial charge is 0.0484 e. The van der Waals surface area contributed by atoms with Crippen LogP contribution in [0.15, 0.2) is 60.7 Å². The Morgan fingerprint density at radius 3 is 2.17 bits per heavy atom. The van der Waals surface area contributed by atoms with E-state index < -0.39 is 0 Å². The Morgan fingerprint density at radius 1 is 0.667 bits per heavy atom. The summed E-state index contributed by atoms with van der Waals surface area (Å²) in [7, 11) is 0. The summed E-state index contributed by atoms with van der Waals surface area (Å²) in [5, 5.41) is 2.95. The lowest BCUT2D eigenvalue weighted by Crippen LogP contribution is -1.88. The predicted octanol–water partition coefficient (Wildman–Crippen LogP) is 4.74. The number of benzene rings is 3. The maximum absolute atomic E-state index is 6.27. The molecule has 3 aromatic carbocycles. The van der Waals surface area contributed by atoms with Gasteiger partial charge in [0.15, 0.2) is 0 Å². The van der Waals surface area contributed by atoms with E-state index in [4.69, 9.17) is 17.3 Å². The van der Waals surface area contributed by atoms with Crippen molar-refractivity contribution in [2.75, 3.05) is 5.73 Å². The van der Waals surface area contributed by atoms with Crippen LogP contribution in [0.2, 0.25) is 5.02 Å². The van der Waals surface area contributed by atoms with Crippen molar-refractivity contribution in [3.63, 3.8) is 0 Å². The fourth-order valence-corrected chi connectivity index (χ4v) is 2.49. The molecule has 0 saturated heterocycles. The summed E-state index contributed by atoms with van der Waals surface area (Å²) in [6.07, 6.45) is 0. The molecule has 2 heteroatoms. The largest absolute Gasteiger partial charge is 0.398 e. The monoisotopic (exact) mass is 253 g/mol. The van der Waals surface area contributed by atoms with Crippen molar-refractivity contribution < 1.29 is 0 Å². The Morgan fingerprint density at radius 2 is 1.33 bits per heavy atom. The first-order valence-corrected chi connectivity index (χ1v) is 6.17. The normalized spacial score (nSPS) is 10.7. The van der Waals surface area contributed by atoms with Crippen molar-refractivity contribution in [2.24, 2.45) is 0 Å². The van der Waals surface area contributed by atoms with Crippen LogP contribution in [0.3, 0.4) is 0 Å². The number of anilines is 1. The quantitative estimate of drug-likeness (QED) is 0.623. The fraction of sp³-hybridized carbons (Fsp3) is 0. The third-order valence-corrected chi connectivity index (χ3v) is 3.45. The van der Waals surface area contributed by atoms with Gasteiger partial charge in [-0.2, -0.15) is 0 Å². The maximum Gasteiger partial charge on any atom is 0.0484 e. The number of rotatable bonds is 1. The van der Waals surface area contributed by atoms with Crippen LogP contribution in [0, 0.1) is 0 Å². The highest BCUT2D eigenvalue weighted by Crippen LogP contribution is 2.34. The topological polar surface area (TPSA) is 26.0 Å². The van der Waals surface area contributed by atoms with E-state index in [-0.39, 0.29) is 0 Å². The SMILES string of the molecule is Nc1cccc2c(-c3ccccc3Cl)cccc12. The Balaban J connectivity index is 2.37. The molecule has 0 heterocycles. The van der Waals surface area contributed by atoms with Gasteiger partial charge in [-0.05, 0) is 23.1 Å². The average Bonchev–Trinajstić information content (AvgIpc) is 2.40. The second-order valence-electron chi connectivity index (χ2n) is 4.23. The van der Waals surface area contributed by atoms with Crippen molar-refractivity contribution in [3.8, 4) is 11.1 Å². The Hall–Kier alpha value is -1.99. The van der Waals surface area contributed by atoms with Crippen LogP contribution in [-0.4, -0.2) is 0 Å². The highest BCUT2D eigenvalue weighted by molar-refractivity contribution is 6.33. The van der Waals surface area contributed by atoms with Crippen LogP contribution in [-0.2, 0) is 0 Å². The highest BCUT2D eigenvalue weighted by atomic mass is 35.5. The molecule has 3 aromatic rings. The van der Waals surface area contributed by atoms with Crippen molar-refractivity contribution >= 4 is 28.1 Å². The zero-order valence-corrected chi connectivity index (χ0v) is 10.5. The fourth-order valence-electron chi connectivity index (χ4n) is 2.25. The molecule has 0 aliphatic rings. The number of hydrogen-bond donors (Lipinski definition) is 1. The van der Waals surface area contributed by atoms with Gasteiger partial charge in [-0.3, -0.25) is 0 Å². The standard InChI is InChI=1S/C16H12ClN/c17-15-9-2-1-5-13(15)11-6-3-8-14-12(11)7-4-10-16(14)18/h1-10H,18H2. The molecule has 0 saturated carbocycles. The molecule has 88 valence electrons. The first-order chi connectivity index (χ1) is 8.77. The average molecular weight is 254 g/mol. The minimum atomic E-state index is 0.757. The van der Waals surface area contributed by atoms with Crippen LogP contribution >= 0.6 is 11.6 Å². The van der Waals surface area contributed by atoms with Gasteiger partial charge in [-0.1, -0.05) is 60.1 Å². The van der Waals surface area contributed by atoms with E-state index in [2.05, 4.69) is 12.1 Å². The number of nitrogen functional groups attached to an aromatic ring is 1. The Bertz CT molecular complexity index is 719. The first-order valence-electron chi connectivity index (χ1n) is 5.79. The molecule has 0 spiro atoms. The molecule has 18 heavy (non-hydrogen) atoms. The van der Waals surface area contributed by atoms with Crippen LogP contribution in [0.1, 0.15) is 0 Å². The van der Waals surface area contributed by atoms with Gasteiger partial charge in [0.1, 0.15) is 0 Å². The summed E-state index contributed by atoms with van der Waals surface area (Å²) in [5.41, 5.74) is 8.95. The third kappa shape index (κ3) is 1.73. The van der Waals surface area contributed by atoms with E-state index in [1.54, 1.807) is 0 Å². The summed E-state index contributed by atoms with van der Waals surface area (Å²) < 4.78 is 0. The molecule has 0 atom stereocenters. The summed E-state index contributed by atoms with van der Waals surface area (Å²) in [5.74, 6) is 0. The molecule has 2 N–H and O–H groups in total. The van der Waals surface area contributed by atoms with Gasteiger partial charge >= 0.3 is 0 Å². The Kier molecular flexibility index (Phi) is 2.69. The zero-order chi connectivity index (χ0) is 12.5. The maximum atomic E-state index is 6.27. The predicted molar refractivity (Wildman–Crippen MR) is 78.8 cm³/mol. The van der Waals surface area contributed by atoms with Crippen molar-refractivity contribution in [1.29, 1.82) is 0 Å². The van der Waals surface area contributed by atoms with Crippen molar-refractivity contribution in [3.05, 3.63) is 65.7 Å². The Labute approximate surface area is 111 Å². The molecule has 0 amide bonds. The van der Waals surface area contributed by atoms with Crippen LogP contribution in [0.4, 0.5) is 5.69 Å². The van der Waals surface area contributed by atoms with E-state index >= 15 is 0 Å². The summed E-state index contributed by atoms with van der Waals surface area (Å²) >= 11 is 6.27. The van der Waals surface area contributed by atoms with Gasteiger partial charge < -0.3 is 5.73 Å². The van der Waals surface area contributed by atoms with Gasteiger partial charge in [0.2, 0.25) is 0 Å². The molecular formula is C16H12ClN. The summed E-state index contributed by atoms with van der Waals surface area (Å²) in [6, 6.07) is 19.9. The molecule has 3 rings (SSSR count). The van der Waals surface area contributed by atoms with E-state index in [1.165, 1.54) is 0 Å². The molecule has 0 aliphatic heterocycles. The number of hydrogen-bond acceptors (Lipinski definition) is 1. The molecule has 0 aliphatic carbocycles. The molecule has 1 nitrogen and oxygen atoms in total. The molecule has 0 unspecified atom stereocenters. The lowest BCUT2D eigenvalue weighted by molar-refractivity contribution is 1.65. The first kappa shape index (κ1) is 11.1. The lowest BCUT2D eigenvalue weighted by atomic mass is 9.97. The minimum absolute atomic E-state index is 0.757. The van der Waals surface area contributed by atoms with E-state index in [1.807, 2.05) is 48.5 Å². The van der Waals surface area contributed by atoms with Crippen LogP contribution < -0.4 is 5.73 Å². The van der Waals surface area contributed by atoms with Gasteiger partial charge in [0.25, 0.3) is 0 Å². The van der Waals surface area contributed by atoms with Gasteiger partial charge in [-0.25, -0.2) is 0 Å². The minimum Gasteiger partial charge on any atom is -0.398 e. The second kappa shape index (κ2) is 4.35. The summed E-state index contributed by atoms with van der Waals surface area (Å²) in [6.45, 7) is 0. The number of nitrogens with two attached hydrogens (primary N) is 1. The van der Waals surface area contributed by atoms with E-state index in [0.29, 0.717) is 0 Å². The third-order valence-electron chi connectivity index (χ3n) is 3.12. The van der Waals surface area contributed by atoms with Crippen molar-refractivity contribution in [2.45, 2.75) is 0 Å². The molecule has 0 bridgehead atoms. The van der Waals surface area contributed by atoms with Crippen molar-refractivity contribution in [1.82, 2.24) is 0 Å². The summed E-state index contributed by atoms with van der Waals surface area (Å²) in [4.78, 5) is 0. The molecule has 0 fully saturated rings. The van der Waals surface area contributed by atoms with Gasteiger partial charge in [0, 0.05) is 21.7 Å². The number of fused-ring (bicyclic) bond motifs is 1. The van der Waals surface area contributed by atoms with Gasteiger partial charge in [-0.15, -0.1) is 0 Å².